The Morgan fingerprint density at radius 2 is 1.94 bits per heavy atom. The van der Waals surface area contributed by atoms with Gasteiger partial charge >= 0.3 is 5.97 Å². The highest BCUT2D eigenvalue weighted by molar-refractivity contribution is 6.01. The fraction of sp³-hybridized carbons (Fsp3) is 0.273. The third-order valence-corrected chi connectivity index (χ3v) is 2.50. The molecule has 0 saturated carbocycles. The molecule has 0 radical (unpaired) electrons. The topological polar surface area (TPSA) is 87.6 Å². The van der Waals surface area contributed by atoms with Crippen molar-refractivity contribution >= 4 is 17.8 Å². The van der Waals surface area contributed by atoms with Gasteiger partial charge in [0.25, 0.3) is 0 Å². The Morgan fingerprint density at radius 3 is 2.53 bits per heavy atom. The van der Waals surface area contributed by atoms with Crippen LogP contribution in [0.5, 0.6) is 0 Å². The van der Waals surface area contributed by atoms with Crippen LogP contribution in [0, 0.1) is 0 Å². The molecule has 2 rings (SSSR count). The summed E-state index contributed by atoms with van der Waals surface area (Å²) in [6, 6.07) is 4.49. The lowest BCUT2D eigenvalue weighted by Crippen LogP contribution is -2.28. The van der Waals surface area contributed by atoms with E-state index in [1.54, 1.807) is 6.07 Å². The van der Waals surface area contributed by atoms with Crippen LogP contribution >= 0.6 is 0 Å². The second kappa shape index (κ2) is 4.32. The number of carbonyl (C=O) groups is 3. The van der Waals surface area contributed by atoms with Gasteiger partial charge in [-0.2, -0.15) is 0 Å². The van der Waals surface area contributed by atoms with Crippen LogP contribution in [-0.4, -0.2) is 32.8 Å². The van der Waals surface area contributed by atoms with Crippen LogP contribution in [0.4, 0.5) is 0 Å². The van der Waals surface area contributed by atoms with Crippen molar-refractivity contribution in [1.82, 2.24) is 9.88 Å². The predicted molar refractivity (Wildman–Crippen MR) is 56.0 cm³/mol. The van der Waals surface area contributed by atoms with Gasteiger partial charge in [-0.25, -0.2) is 9.78 Å². The van der Waals surface area contributed by atoms with Crippen LogP contribution in [-0.2, 0) is 16.1 Å². The van der Waals surface area contributed by atoms with E-state index < -0.39 is 5.97 Å². The van der Waals surface area contributed by atoms with E-state index in [9.17, 15) is 14.4 Å². The molecule has 6 heteroatoms. The summed E-state index contributed by atoms with van der Waals surface area (Å²) in [7, 11) is 0. The number of aromatic carboxylic acids is 1. The summed E-state index contributed by atoms with van der Waals surface area (Å²) in [5, 5.41) is 8.76. The molecule has 1 aliphatic heterocycles. The summed E-state index contributed by atoms with van der Waals surface area (Å²) in [5.74, 6) is -1.61. The fourth-order valence-electron chi connectivity index (χ4n) is 1.65. The minimum atomic E-state index is -1.13. The highest BCUT2D eigenvalue weighted by atomic mass is 16.4. The highest BCUT2D eigenvalue weighted by Crippen LogP contribution is 2.14. The minimum absolute atomic E-state index is 0.0405. The molecule has 0 bridgehead atoms. The summed E-state index contributed by atoms with van der Waals surface area (Å²) < 4.78 is 0. The van der Waals surface area contributed by atoms with Crippen LogP contribution in [0.2, 0.25) is 0 Å². The fourth-order valence-corrected chi connectivity index (χ4v) is 1.65. The Bertz CT molecular complexity index is 482. The van der Waals surface area contributed by atoms with E-state index in [0.29, 0.717) is 5.69 Å². The number of carboxylic acid groups (broad SMARTS) is 1. The van der Waals surface area contributed by atoms with Gasteiger partial charge in [0, 0.05) is 12.8 Å². The van der Waals surface area contributed by atoms with Crippen molar-refractivity contribution in [1.29, 1.82) is 0 Å². The van der Waals surface area contributed by atoms with Crippen LogP contribution in [0.1, 0.15) is 29.0 Å². The Labute approximate surface area is 96.9 Å². The first-order chi connectivity index (χ1) is 8.08. The second-order valence-electron chi connectivity index (χ2n) is 3.69. The zero-order valence-corrected chi connectivity index (χ0v) is 8.92. The van der Waals surface area contributed by atoms with Crippen molar-refractivity contribution < 1.29 is 19.5 Å². The Hall–Kier alpha value is -2.24. The summed E-state index contributed by atoms with van der Waals surface area (Å²) >= 11 is 0. The molecular formula is C11H10N2O4. The molecule has 17 heavy (non-hydrogen) atoms. The monoisotopic (exact) mass is 234 g/mol. The lowest BCUT2D eigenvalue weighted by atomic mass is 10.3. The van der Waals surface area contributed by atoms with Gasteiger partial charge in [0.2, 0.25) is 11.8 Å². The summed E-state index contributed by atoms with van der Waals surface area (Å²) in [6.07, 6.45) is 0.439. The van der Waals surface area contributed by atoms with Gasteiger partial charge in [-0.15, -0.1) is 0 Å². The molecule has 1 fully saturated rings. The summed E-state index contributed by atoms with van der Waals surface area (Å²) in [5.41, 5.74) is 0.301. The average Bonchev–Trinajstić information content (AvgIpc) is 2.61. The highest BCUT2D eigenvalue weighted by Gasteiger charge is 2.29. The number of rotatable bonds is 3. The molecule has 0 spiro atoms. The number of imide groups is 1. The SMILES string of the molecule is O=C(O)c1cccc(CN2C(=O)CCC2=O)n1. The predicted octanol–water partition coefficient (Wildman–Crippen LogP) is 0.429. The van der Waals surface area contributed by atoms with Crippen molar-refractivity contribution in [2.45, 2.75) is 19.4 Å². The maximum Gasteiger partial charge on any atom is 0.354 e. The maximum absolute atomic E-state index is 11.4. The quantitative estimate of drug-likeness (QED) is 0.766. The van der Waals surface area contributed by atoms with E-state index in [1.165, 1.54) is 12.1 Å². The Kier molecular flexibility index (Phi) is 2.86. The Balaban J connectivity index is 2.18. The van der Waals surface area contributed by atoms with Gasteiger partial charge in [0.05, 0.1) is 12.2 Å². The number of hydrogen-bond acceptors (Lipinski definition) is 4. The maximum atomic E-state index is 11.4. The van der Waals surface area contributed by atoms with Crippen molar-refractivity contribution in [2.75, 3.05) is 0 Å². The number of carboxylic acids is 1. The van der Waals surface area contributed by atoms with E-state index in [1.807, 2.05) is 0 Å². The standard InChI is InChI=1S/C11H10N2O4/c14-9-4-5-10(15)13(9)6-7-2-1-3-8(12-7)11(16)17/h1-3H,4-6H2,(H,16,17). The molecule has 1 saturated heterocycles. The van der Waals surface area contributed by atoms with E-state index in [2.05, 4.69) is 4.98 Å². The molecule has 0 unspecified atom stereocenters. The van der Waals surface area contributed by atoms with E-state index in [-0.39, 0.29) is 36.9 Å². The van der Waals surface area contributed by atoms with E-state index in [0.717, 1.165) is 4.90 Å². The van der Waals surface area contributed by atoms with Crippen LogP contribution in [0.25, 0.3) is 0 Å². The van der Waals surface area contributed by atoms with Crippen molar-refractivity contribution in [2.24, 2.45) is 0 Å². The number of carbonyl (C=O) groups excluding carboxylic acids is 2. The number of pyridine rings is 1. The van der Waals surface area contributed by atoms with Gasteiger partial charge in [-0.3, -0.25) is 14.5 Å². The number of likely N-dealkylation sites (tertiary alicyclic amines) is 1. The largest absolute Gasteiger partial charge is 0.477 e. The van der Waals surface area contributed by atoms with Gasteiger partial charge in [-0.1, -0.05) is 6.07 Å². The molecule has 1 N–H and O–H groups in total. The number of hydrogen-bond donors (Lipinski definition) is 1. The molecule has 88 valence electrons. The van der Waals surface area contributed by atoms with Crippen LogP contribution in [0.3, 0.4) is 0 Å². The first-order valence-electron chi connectivity index (χ1n) is 5.10. The molecule has 0 atom stereocenters. The third-order valence-electron chi connectivity index (χ3n) is 2.50. The van der Waals surface area contributed by atoms with Crippen LogP contribution < -0.4 is 0 Å². The molecule has 1 aliphatic rings. The molecule has 2 heterocycles. The van der Waals surface area contributed by atoms with Crippen LogP contribution in [0.15, 0.2) is 18.2 Å². The second-order valence-corrected chi connectivity index (χ2v) is 3.69. The first-order valence-corrected chi connectivity index (χ1v) is 5.10. The summed E-state index contributed by atoms with van der Waals surface area (Å²) in [6.45, 7) is 0.0405. The smallest absolute Gasteiger partial charge is 0.354 e. The zero-order chi connectivity index (χ0) is 12.4. The van der Waals surface area contributed by atoms with Crippen molar-refractivity contribution in [3.8, 4) is 0 Å². The first kappa shape index (κ1) is 11.3. The molecule has 6 nitrogen and oxygen atoms in total. The lowest BCUT2D eigenvalue weighted by Gasteiger charge is -2.12. The number of nitrogens with zero attached hydrogens (tertiary/aromatic N) is 2. The lowest BCUT2D eigenvalue weighted by molar-refractivity contribution is -0.139. The molecule has 0 aromatic carbocycles. The number of amides is 2. The van der Waals surface area contributed by atoms with Crippen molar-refractivity contribution in [3.63, 3.8) is 0 Å². The van der Waals surface area contributed by atoms with Crippen molar-refractivity contribution in [3.05, 3.63) is 29.6 Å². The van der Waals surface area contributed by atoms with Gasteiger partial charge in [-0.05, 0) is 12.1 Å². The Morgan fingerprint density at radius 1 is 1.29 bits per heavy atom. The number of aromatic nitrogens is 1. The summed E-state index contributed by atoms with van der Waals surface area (Å²) in [4.78, 5) is 38.4. The van der Waals surface area contributed by atoms with Gasteiger partial charge in [0.1, 0.15) is 5.69 Å². The normalized spacial score (nSPS) is 15.4. The molecule has 2 amide bonds. The molecule has 0 aliphatic carbocycles. The average molecular weight is 234 g/mol. The molecule has 1 aromatic heterocycles. The van der Waals surface area contributed by atoms with Gasteiger partial charge in [0.15, 0.2) is 0 Å². The van der Waals surface area contributed by atoms with E-state index >= 15 is 0 Å². The minimum Gasteiger partial charge on any atom is -0.477 e. The van der Waals surface area contributed by atoms with Gasteiger partial charge < -0.3 is 5.11 Å². The van der Waals surface area contributed by atoms with E-state index in [4.69, 9.17) is 5.11 Å². The molecule has 1 aromatic rings. The molecular weight excluding hydrogens is 224 g/mol. The zero-order valence-electron chi connectivity index (χ0n) is 8.92. The third kappa shape index (κ3) is 2.30.